The number of nitrogens with zero attached hydrogens (tertiary/aromatic N) is 2. The molecule has 0 fully saturated rings. The molecule has 136 valence electrons. The van der Waals surface area contributed by atoms with Gasteiger partial charge in [-0.2, -0.15) is 0 Å². The van der Waals surface area contributed by atoms with E-state index >= 15 is 0 Å². The minimum absolute atomic E-state index is 0.426. The van der Waals surface area contributed by atoms with Gasteiger partial charge in [-0.25, -0.2) is 0 Å². The maximum atomic E-state index is 5.78. The standard InChI is InChI=1S/C19H34N4O/c1-5-23(6-2)13-12-21-19(20-4)22-14-17(3)15-24-16-18-10-8-7-9-11-18/h7-11,17H,5-6,12-16H2,1-4H3,(H2,20,21,22). The molecule has 2 N–H and O–H groups in total. The highest BCUT2D eigenvalue weighted by atomic mass is 16.5. The van der Waals surface area contributed by atoms with Crippen molar-refractivity contribution in [3.8, 4) is 0 Å². The third kappa shape index (κ3) is 8.89. The van der Waals surface area contributed by atoms with Crippen LogP contribution in [0.3, 0.4) is 0 Å². The Morgan fingerprint density at radius 1 is 1.17 bits per heavy atom. The van der Waals surface area contributed by atoms with Gasteiger partial charge in [0, 0.05) is 26.7 Å². The predicted molar refractivity (Wildman–Crippen MR) is 102 cm³/mol. The summed E-state index contributed by atoms with van der Waals surface area (Å²) in [6.07, 6.45) is 0. The molecule has 0 saturated carbocycles. The second-order valence-corrected chi connectivity index (χ2v) is 6.01. The number of aliphatic imine (C=N–C) groups is 1. The first kappa shape index (κ1) is 20.5. The summed E-state index contributed by atoms with van der Waals surface area (Å²) in [7, 11) is 1.81. The molecule has 1 aromatic carbocycles. The molecule has 5 nitrogen and oxygen atoms in total. The van der Waals surface area contributed by atoms with Gasteiger partial charge < -0.3 is 20.3 Å². The third-order valence-corrected chi connectivity index (χ3v) is 3.97. The zero-order chi connectivity index (χ0) is 17.6. The molecule has 0 spiro atoms. The van der Waals surface area contributed by atoms with Crippen LogP contribution in [0.25, 0.3) is 0 Å². The van der Waals surface area contributed by atoms with E-state index in [-0.39, 0.29) is 0 Å². The Morgan fingerprint density at radius 2 is 1.88 bits per heavy atom. The summed E-state index contributed by atoms with van der Waals surface area (Å²) >= 11 is 0. The van der Waals surface area contributed by atoms with Gasteiger partial charge in [-0.15, -0.1) is 0 Å². The summed E-state index contributed by atoms with van der Waals surface area (Å²) in [6, 6.07) is 10.3. The van der Waals surface area contributed by atoms with Gasteiger partial charge in [0.2, 0.25) is 0 Å². The fourth-order valence-electron chi connectivity index (χ4n) is 2.37. The van der Waals surface area contributed by atoms with Gasteiger partial charge >= 0.3 is 0 Å². The van der Waals surface area contributed by atoms with Gasteiger partial charge in [-0.3, -0.25) is 4.99 Å². The molecule has 1 atom stereocenters. The first-order valence-electron chi connectivity index (χ1n) is 8.98. The smallest absolute Gasteiger partial charge is 0.191 e. The Balaban J connectivity index is 2.15. The summed E-state index contributed by atoms with van der Waals surface area (Å²) in [6.45, 7) is 12.9. The number of nitrogens with one attached hydrogen (secondary N) is 2. The van der Waals surface area contributed by atoms with Crippen LogP contribution >= 0.6 is 0 Å². The predicted octanol–water partition coefficient (Wildman–Crippen LogP) is 2.35. The molecular formula is C19H34N4O. The van der Waals surface area contributed by atoms with E-state index in [1.165, 1.54) is 5.56 Å². The van der Waals surface area contributed by atoms with E-state index in [4.69, 9.17) is 4.74 Å². The summed E-state index contributed by atoms with van der Waals surface area (Å²) in [4.78, 5) is 6.66. The summed E-state index contributed by atoms with van der Waals surface area (Å²) in [5, 5.41) is 6.73. The molecule has 0 amide bonds. The zero-order valence-electron chi connectivity index (χ0n) is 15.7. The molecule has 0 heterocycles. The van der Waals surface area contributed by atoms with Crippen LogP contribution in [-0.4, -0.2) is 57.2 Å². The Labute approximate surface area is 147 Å². The highest BCUT2D eigenvalue weighted by Gasteiger charge is 2.05. The number of rotatable bonds is 11. The van der Waals surface area contributed by atoms with Crippen molar-refractivity contribution in [2.45, 2.75) is 27.4 Å². The fraction of sp³-hybridized carbons (Fsp3) is 0.632. The lowest BCUT2D eigenvalue weighted by atomic mass is 10.2. The Bertz CT molecular complexity index is 446. The molecule has 0 aliphatic heterocycles. The van der Waals surface area contributed by atoms with Crippen LogP contribution in [0.15, 0.2) is 35.3 Å². The Kier molecular flexibility index (Phi) is 10.9. The van der Waals surface area contributed by atoms with Crippen molar-refractivity contribution >= 4 is 5.96 Å². The van der Waals surface area contributed by atoms with Crippen molar-refractivity contribution in [1.82, 2.24) is 15.5 Å². The van der Waals surface area contributed by atoms with Gasteiger partial charge in [0.25, 0.3) is 0 Å². The quantitative estimate of drug-likeness (QED) is 0.482. The molecule has 0 bridgehead atoms. The first-order valence-corrected chi connectivity index (χ1v) is 8.98. The lowest BCUT2D eigenvalue weighted by Gasteiger charge is -2.20. The van der Waals surface area contributed by atoms with Crippen LogP contribution in [0.2, 0.25) is 0 Å². The van der Waals surface area contributed by atoms with Crippen LogP contribution in [0.5, 0.6) is 0 Å². The second-order valence-electron chi connectivity index (χ2n) is 6.01. The normalized spacial score (nSPS) is 13.1. The number of hydrogen-bond donors (Lipinski definition) is 2. The molecular weight excluding hydrogens is 300 g/mol. The molecule has 1 unspecified atom stereocenters. The highest BCUT2D eigenvalue weighted by molar-refractivity contribution is 5.79. The third-order valence-electron chi connectivity index (χ3n) is 3.97. The molecule has 0 aromatic heterocycles. The fourth-order valence-corrected chi connectivity index (χ4v) is 2.37. The molecule has 0 aliphatic carbocycles. The van der Waals surface area contributed by atoms with Crippen molar-refractivity contribution in [3.05, 3.63) is 35.9 Å². The Morgan fingerprint density at radius 3 is 2.50 bits per heavy atom. The minimum atomic E-state index is 0.426. The highest BCUT2D eigenvalue weighted by Crippen LogP contribution is 2.02. The van der Waals surface area contributed by atoms with E-state index in [2.05, 4.69) is 53.4 Å². The minimum Gasteiger partial charge on any atom is -0.376 e. The SMILES string of the molecule is CCN(CC)CCNC(=NC)NCC(C)COCc1ccccc1. The largest absolute Gasteiger partial charge is 0.376 e. The average Bonchev–Trinajstić information content (AvgIpc) is 2.62. The van der Waals surface area contributed by atoms with Gasteiger partial charge in [-0.05, 0) is 24.6 Å². The van der Waals surface area contributed by atoms with Crippen LogP contribution < -0.4 is 10.6 Å². The van der Waals surface area contributed by atoms with Crippen LogP contribution in [0.4, 0.5) is 0 Å². The molecule has 1 rings (SSSR count). The van der Waals surface area contributed by atoms with E-state index in [0.717, 1.165) is 45.3 Å². The van der Waals surface area contributed by atoms with Gasteiger partial charge in [-0.1, -0.05) is 51.1 Å². The maximum Gasteiger partial charge on any atom is 0.191 e. The summed E-state index contributed by atoms with van der Waals surface area (Å²) < 4.78 is 5.78. The van der Waals surface area contributed by atoms with E-state index in [9.17, 15) is 0 Å². The molecule has 0 saturated heterocycles. The van der Waals surface area contributed by atoms with Gasteiger partial charge in [0.15, 0.2) is 5.96 Å². The van der Waals surface area contributed by atoms with Crippen molar-refractivity contribution in [2.75, 3.05) is 46.4 Å². The summed E-state index contributed by atoms with van der Waals surface area (Å²) in [5.74, 6) is 1.28. The maximum absolute atomic E-state index is 5.78. The van der Waals surface area contributed by atoms with Crippen molar-refractivity contribution in [1.29, 1.82) is 0 Å². The van der Waals surface area contributed by atoms with Crippen molar-refractivity contribution in [2.24, 2.45) is 10.9 Å². The molecule has 1 aromatic rings. The molecule has 5 heteroatoms. The van der Waals surface area contributed by atoms with Crippen LogP contribution in [-0.2, 0) is 11.3 Å². The number of ether oxygens (including phenoxy) is 1. The topological polar surface area (TPSA) is 48.9 Å². The Hall–Kier alpha value is -1.59. The summed E-state index contributed by atoms with van der Waals surface area (Å²) in [5.41, 5.74) is 1.21. The number of likely N-dealkylation sites (N-methyl/N-ethyl adjacent to an activating group) is 1. The van der Waals surface area contributed by atoms with Crippen molar-refractivity contribution in [3.63, 3.8) is 0 Å². The average molecular weight is 335 g/mol. The van der Waals surface area contributed by atoms with Crippen LogP contribution in [0, 0.1) is 5.92 Å². The lowest BCUT2D eigenvalue weighted by molar-refractivity contribution is 0.0931. The number of benzene rings is 1. The first-order chi connectivity index (χ1) is 11.7. The van der Waals surface area contributed by atoms with E-state index in [1.807, 2.05) is 25.2 Å². The monoisotopic (exact) mass is 334 g/mol. The second kappa shape index (κ2) is 12.8. The van der Waals surface area contributed by atoms with Gasteiger partial charge in [0.05, 0.1) is 13.2 Å². The zero-order valence-corrected chi connectivity index (χ0v) is 15.7. The van der Waals surface area contributed by atoms with E-state index < -0.39 is 0 Å². The van der Waals surface area contributed by atoms with Gasteiger partial charge in [0.1, 0.15) is 0 Å². The number of guanidine groups is 1. The molecule has 0 radical (unpaired) electrons. The molecule has 0 aliphatic rings. The van der Waals surface area contributed by atoms with E-state index in [0.29, 0.717) is 12.5 Å². The van der Waals surface area contributed by atoms with E-state index in [1.54, 1.807) is 0 Å². The lowest BCUT2D eigenvalue weighted by Crippen LogP contribution is -2.43. The number of hydrogen-bond acceptors (Lipinski definition) is 3. The van der Waals surface area contributed by atoms with Crippen LogP contribution in [0.1, 0.15) is 26.3 Å². The molecule has 24 heavy (non-hydrogen) atoms. The van der Waals surface area contributed by atoms with Crippen molar-refractivity contribution < 1.29 is 4.74 Å².